The Morgan fingerprint density at radius 1 is 0.359 bits per heavy atom. The molecule has 594 valence electrons. The van der Waals surface area contributed by atoms with E-state index in [1.54, 1.807) is 0 Å². The average Bonchev–Trinajstić information content (AvgIpc) is 0.781. The van der Waals surface area contributed by atoms with E-state index in [-0.39, 0.29) is 18.9 Å². The number of aliphatic hydroxyl groups is 11. The lowest BCUT2D eigenvalue weighted by Crippen LogP contribution is -2.66. The van der Waals surface area contributed by atoms with Crippen LogP contribution in [0.15, 0.2) is 109 Å². The number of aliphatic hydroxyl groups excluding tert-OH is 11. The van der Waals surface area contributed by atoms with E-state index in [1.807, 2.05) is 0 Å². The lowest BCUT2D eigenvalue weighted by molar-refractivity contribution is -0.379. The molecule has 0 aromatic rings. The standard InChI is InChI=1S/C84H145NO18/c1-3-5-7-9-11-13-15-17-19-21-23-25-27-28-29-30-31-32-33-34-35-36-37-38-40-42-44-46-48-50-52-54-56-58-60-62-72(90)85-67(68(89)61-59-57-55-53-51-49-47-45-43-41-39-26-24-22-20-18-16-14-12-10-8-6-4-2)66-98-82-78(96)75(93)80(70(64-87)100-82)103-84-79(97)76(94)81(71(65-88)101-84)102-83-77(95)74(92)73(91)69(63-86)99-83/h5,7,11,13,17,19,23,25,28-29,31-32,34-35,37-38,42,44,67-71,73-84,86-89,91-97H,3-4,6,8-10,12,14-16,18,20-22,24,26-27,30,33,36,39-41,43,45-66H2,1-2H3,(H,85,90)/b7-5-,13-11-,19-17-,25-23-,29-28-,32-31-,35-34-,38-37-,44-42-. The Balaban J connectivity index is 1.37. The number of hydrogen-bond donors (Lipinski definition) is 12. The first-order valence-electron chi connectivity index (χ1n) is 40.6. The molecule has 0 aliphatic carbocycles. The Kier molecular flexibility index (Phi) is 57.6. The molecule has 0 bridgehead atoms. The third kappa shape index (κ3) is 43.3. The monoisotopic (exact) mass is 1460 g/mol. The van der Waals surface area contributed by atoms with Crippen molar-refractivity contribution in [2.75, 3.05) is 26.4 Å². The molecule has 0 saturated carbocycles. The van der Waals surface area contributed by atoms with Crippen LogP contribution in [0.4, 0.5) is 0 Å². The van der Waals surface area contributed by atoms with Gasteiger partial charge in [-0.2, -0.15) is 0 Å². The second-order valence-corrected chi connectivity index (χ2v) is 28.5. The van der Waals surface area contributed by atoms with E-state index < -0.39 is 124 Å². The summed E-state index contributed by atoms with van der Waals surface area (Å²) in [5.41, 5.74) is 0. The minimum atomic E-state index is -1.98. The van der Waals surface area contributed by atoms with Crippen LogP contribution < -0.4 is 5.32 Å². The number of allylic oxidation sites excluding steroid dienone is 18. The Labute approximate surface area is 621 Å². The zero-order valence-corrected chi connectivity index (χ0v) is 63.5. The van der Waals surface area contributed by atoms with Crippen molar-refractivity contribution in [2.45, 2.75) is 388 Å². The predicted octanol–water partition coefficient (Wildman–Crippen LogP) is 13.7. The van der Waals surface area contributed by atoms with E-state index in [4.69, 9.17) is 28.4 Å². The molecule has 3 aliphatic heterocycles. The average molecular weight is 1460 g/mol. The van der Waals surface area contributed by atoms with Gasteiger partial charge >= 0.3 is 0 Å². The molecular formula is C84H145NO18. The number of unbranched alkanes of at least 4 members (excludes halogenated alkanes) is 29. The van der Waals surface area contributed by atoms with Crippen molar-refractivity contribution >= 4 is 5.91 Å². The molecule has 3 fully saturated rings. The normalized spacial score (nSPS) is 26.6. The molecule has 0 radical (unpaired) electrons. The molecule has 3 rings (SSSR count). The van der Waals surface area contributed by atoms with Gasteiger partial charge in [-0.1, -0.05) is 303 Å². The summed E-state index contributed by atoms with van der Waals surface area (Å²) in [7, 11) is 0. The van der Waals surface area contributed by atoms with Crippen LogP contribution in [0, 0.1) is 0 Å². The van der Waals surface area contributed by atoms with Crippen molar-refractivity contribution in [1.29, 1.82) is 0 Å². The van der Waals surface area contributed by atoms with E-state index in [2.05, 4.69) is 129 Å². The van der Waals surface area contributed by atoms with Crippen molar-refractivity contribution in [1.82, 2.24) is 5.32 Å². The molecule has 19 heteroatoms. The number of carbonyl (C=O) groups excluding carboxylic acids is 1. The maximum absolute atomic E-state index is 13.5. The quantitative estimate of drug-likeness (QED) is 0.0199. The minimum absolute atomic E-state index is 0.247. The number of ether oxygens (including phenoxy) is 6. The molecule has 19 nitrogen and oxygen atoms in total. The first kappa shape index (κ1) is 93.7. The Hall–Kier alpha value is -3.55. The van der Waals surface area contributed by atoms with Gasteiger partial charge < -0.3 is 89.9 Å². The van der Waals surface area contributed by atoms with Crippen molar-refractivity contribution in [3.63, 3.8) is 0 Å². The lowest BCUT2D eigenvalue weighted by Gasteiger charge is -2.48. The van der Waals surface area contributed by atoms with Crippen molar-refractivity contribution < 1.29 is 89.4 Å². The van der Waals surface area contributed by atoms with Crippen LogP contribution in [-0.2, 0) is 33.2 Å². The fourth-order valence-corrected chi connectivity index (χ4v) is 13.1. The third-order valence-corrected chi connectivity index (χ3v) is 19.6. The molecular weight excluding hydrogens is 1310 g/mol. The SMILES string of the molecule is CC/C=C\C/C=C\C/C=C\C/C=C\C/C=C\C/C=C\C/C=C\C/C=C\C/C=C\CCCCCCCCCC(=O)NC(COC1OC(CO)C(OC2OC(CO)C(OC3OC(CO)C(O)C(O)C3O)C(O)C2O)C(O)C1O)C(O)CCCCCCCCCCCCCCCCCCCCCCCCC. The van der Waals surface area contributed by atoms with Crippen LogP contribution in [-0.4, -0.2) is 193 Å². The molecule has 17 unspecified atom stereocenters. The van der Waals surface area contributed by atoms with Gasteiger partial charge in [0.1, 0.15) is 73.2 Å². The zero-order valence-electron chi connectivity index (χ0n) is 63.5. The van der Waals surface area contributed by atoms with Gasteiger partial charge in [-0.05, 0) is 83.5 Å². The highest BCUT2D eigenvalue weighted by molar-refractivity contribution is 5.76. The number of hydrogen-bond acceptors (Lipinski definition) is 18. The lowest BCUT2D eigenvalue weighted by atomic mass is 9.96. The van der Waals surface area contributed by atoms with Crippen molar-refractivity contribution in [3.8, 4) is 0 Å². The smallest absolute Gasteiger partial charge is 0.220 e. The molecule has 3 saturated heterocycles. The van der Waals surface area contributed by atoms with Gasteiger partial charge in [-0.15, -0.1) is 0 Å². The van der Waals surface area contributed by atoms with Gasteiger partial charge in [0.2, 0.25) is 5.91 Å². The van der Waals surface area contributed by atoms with E-state index in [0.29, 0.717) is 12.8 Å². The maximum Gasteiger partial charge on any atom is 0.220 e. The molecule has 17 atom stereocenters. The number of rotatable bonds is 63. The van der Waals surface area contributed by atoms with Gasteiger partial charge in [-0.25, -0.2) is 0 Å². The largest absolute Gasteiger partial charge is 0.394 e. The first-order valence-corrected chi connectivity index (χ1v) is 40.6. The summed E-state index contributed by atoms with van der Waals surface area (Å²) in [6.45, 7) is 1.70. The van der Waals surface area contributed by atoms with Crippen molar-refractivity contribution in [3.05, 3.63) is 109 Å². The number of amides is 1. The summed E-state index contributed by atoms with van der Waals surface area (Å²) < 4.78 is 34.5. The van der Waals surface area contributed by atoms with Crippen LogP contribution in [0.3, 0.4) is 0 Å². The summed E-state index contributed by atoms with van der Waals surface area (Å²) in [6, 6.07) is -0.903. The van der Waals surface area contributed by atoms with Crippen LogP contribution in [0.1, 0.15) is 284 Å². The number of nitrogens with one attached hydrogen (secondary N) is 1. The fourth-order valence-electron chi connectivity index (χ4n) is 13.1. The number of carbonyl (C=O) groups is 1. The molecule has 103 heavy (non-hydrogen) atoms. The van der Waals surface area contributed by atoms with Crippen molar-refractivity contribution in [2.24, 2.45) is 0 Å². The van der Waals surface area contributed by atoms with Crippen LogP contribution in [0.25, 0.3) is 0 Å². The molecule has 3 aliphatic rings. The first-order chi connectivity index (χ1) is 50.3. The van der Waals surface area contributed by atoms with Crippen LogP contribution >= 0.6 is 0 Å². The highest BCUT2D eigenvalue weighted by atomic mass is 16.8. The highest BCUT2D eigenvalue weighted by Crippen LogP contribution is 2.33. The molecule has 3 heterocycles. The van der Waals surface area contributed by atoms with E-state index in [1.165, 1.54) is 122 Å². The maximum atomic E-state index is 13.5. The summed E-state index contributed by atoms with van der Waals surface area (Å²) >= 11 is 0. The summed E-state index contributed by atoms with van der Waals surface area (Å²) in [4.78, 5) is 13.5. The molecule has 0 aromatic carbocycles. The third-order valence-electron chi connectivity index (χ3n) is 19.6. The Morgan fingerprint density at radius 2 is 0.670 bits per heavy atom. The Bertz CT molecular complexity index is 2290. The summed E-state index contributed by atoms with van der Waals surface area (Å²) in [5.74, 6) is -0.256. The van der Waals surface area contributed by atoms with Gasteiger partial charge in [0.15, 0.2) is 18.9 Å². The predicted molar refractivity (Wildman–Crippen MR) is 410 cm³/mol. The van der Waals surface area contributed by atoms with E-state index in [0.717, 1.165) is 128 Å². The highest BCUT2D eigenvalue weighted by Gasteiger charge is 2.54. The zero-order chi connectivity index (χ0) is 74.6. The molecule has 1 amide bonds. The fraction of sp³-hybridized carbons (Fsp3) is 0.774. The van der Waals surface area contributed by atoms with Crippen LogP contribution in [0.5, 0.6) is 0 Å². The topological polar surface area (TPSA) is 307 Å². The molecule has 0 aromatic heterocycles. The van der Waals surface area contributed by atoms with Gasteiger partial charge in [0, 0.05) is 6.42 Å². The van der Waals surface area contributed by atoms with E-state index in [9.17, 15) is 61.0 Å². The molecule has 0 spiro atoms. The van der Waals surface area contributed by atoms with Gasteiger partial charge in [0.05, 0.1) is 38.6 Å². The second-order valence-electron chi connectivity index (χ2n) is 28.5. The second kappa shape index (κ2) is 63.4. The van der Waals surface area contributed by atoms with Gasteiger partial charge in [-0.3, -0.25) is 4.79 Å². The van der Waals surface area contributed by atoms with Crippen LogP contribution in [0.2, 0.25) is 0 Å². The summed E-state index contributed by atoms with van der Waals surface area (Å²) in [6.07, 6.45) is 60.2. The minimum Gasteiger partial charge on any atom is -0.394 e. The van der Waals surface area contributed by atoms with Gasteiger partial charge in [0.25, 0.3) is 0 Å². The van der Waals surface area contributed by atoms with E-state index >= 15 is 0 Å². The Morgan fingerprint density at radius 3 is 1.05 bits per heavy atom. The molecule has 12 N–H and O–H groups in total. The summed E-state index contributed by atoms with van der Waals surface area (Å²) in [5, 5.41) is 121.